The second-order valence-corrected chi connectivity index (χ2v) is 1.76. The summed E-state index contributed by atoms with van der Waals surface area (Å²) in [7, 11) is 0. The first-order chi connectivity index (χ1) is 8.00. The van der Waals surface area contributed by atoms with Crippen LogP contribution in [0.1, 0.15) is 0 Å². The van der Waals surface area contributed by atoms with E-state index in [1.807, 2.05) is 0 Å². The monoisotopic (exact) mass is 266 g/mol. The molecule has 0 radical (unpaired) electrons. The molecule has 0 saturated carbocycles. The highest BCUT2D eigenvalue weighted by Gasteiger charge is 1.73. The van der Waals surface area contributed by atoms with Gasteiger partial charge in [0, 0.05) is 12.2 Å². The number of amides is 2. The third-order valence-corrected chi connectivity index (χ3v) is 0.349. The van der Waals surface area contributed by atoms with E-state index in [0.717, 1.165) is 12.2 Å². The van der Waals surface area contributed by atoms with Gasteiger partial charge >= 0.3 is 24.1 Å². The van der Waals surface area contributed by atoms with Crippen LogP contribution in [-0.4, -0.2) is 44.6 Å². The molecule has 0 aromatic carbocycles. The SMILES string of the molecule is C=CC(=O)O.C=CC(=O)O.NC(=O)O.NC(=O)O. The summed E-state index contributed by atoms with van der Waals surface area (Å²) in [5.41, 5.74) is 8.06. The summed E-state index contributed by atoms with van der Waals surface area (Å²) >= 11 is 0. The molecule has 8 N–H and O–H groups in total. The maximum Gasteiger partial charge on any atom is 0.402 e. The van der Waals surface area contributed by atoms with Gasteiger partial charge < -0.3 is 31.9 Å². The van der Waals surface area contributed by atoms with Crippen molar-refractivity contribution in [3.8, 4) is 0 Å². The summed E-state index contributed by atoms with van der Waals surface area (Å²) in [6.45, 7) is 5.92. The van der Waals surface area contributed by atoms with E-state index in [9.17, 15) is 9.59 Å². The van der Waals surface area contributed by atoms with Crippen LogP contribution in [0.2, 0.25) is 0 Å². The average molecular weight is 266 g/mol. The van der Waals surface area contributed by atoms with Crippen molar-refractivity contribution >= 4 is 24.1 Å². The van der Waals surface area contributed by atoms with E-state index in [0.29, 0.717) is 0 Å². The zero-order valence-corrected chi connectivity index (χ0v) is 9.15. The number of nitrogens with two attached hydrogens (primary N) is 2. The lowest BCUT2D eigenvalue weighted by Gasteiger charge is -1.64. The number of rotatable bonds is 2. The largest absolute Gasteiger partial charge is 0.478 e. The smallest absolute Gasteiger partial charge is 0.402 e. The van der Waals surface area contributed by atoms with E-state index in [1.165, 1.54) is 0 Å². The zero-order chi connectivity index (χ0) is 15.7. The first kappa shape index (κ1) is 24.3. The molecule has 0 heterocycles. The summed E-state index contributed by atoms with van der Waals surface area (Å²) in [6, 6.07) is 0. The number of carboxylic acids is 2. The summed E-state index contributed by atoms with van der Waals surface area (Å²) in [5.74, 6) is -1.96. The second kappa shape index (κ2) is 19.5. The second-order valence-electron chi connectivity index (χ2n) is 1.76. The van der Waals surface area contributed by atoms with Gasteiger partial charge in [-0.3, -0.25) is 0 Å². The molecule has 104 valence electrons. The van der Waals surface area contributed by atoms with Crippen molar-refractivity contribution < 1.29 is 39.6 Å². The minimum absolute atomic E-state index is 0.833. The third-order valence-electron chi connectivity index (χ3n) is 0.349. The van der Waals surface area contributed by atoms with E-state index < -0.39 is 24.1 Å². The average Bonchev–Trinajstić information content (AvgIpc) is 2.16. The standard InChI is InChI=1S/2C3H4O2.2CH3NO2/c2*1-2-3(4)5;2*2-1(3)4/h2*2H,1H2,(H,4,5);2*2H2,(H,3,4). The summed E-state index contributed by atoms with van der Waals surface area (Å²) in [4.78, 5) is 36.1. The van der Waals surface area contributed by atoms with Gasteiger partial charge in [0.15, 0.2) is 0 Å². The van der Waals surface area contributed by atoms with Crippen molar-refractivity contribution in [1.29, 1.82) is 0 Å². The zero-order valence-electron chi connectivity index (χ0n) is 9.15. The van der Waals surface area contributed by atoms with Gasteiger partial charge in [-0.15, -0.1) is 0 Å². The fourth-order valence-corrected chi connectivity index (χ4v) is 0. The molecule has 10 nitrogen and oxygen atoms in total. The summed E-state index contributed by atoms with van der Waals surface area (Å²) < 4.78 is 0. The first-order valence-corrected chi connectivity index (χ1v) is 3.68. The molecule has 0 spiro atoms. The minimum Gasteiger partial charge on any atom is -0.478 e. The van der Waals surface area contributed by atoms with Crippen LogP contribution in [0.15, 0.2) is 25.3 Å². The molecule has 0 saturated heterocycles. The number of aliphatic carboxylic acids is 2. The van der Waals surface area contributed by atoms with Crippen LogP contribution in [0.3, 0.4) is 0 Å². The Hall–Kier alpha value is -3.04. The Balaban J connectivity index is -0.0000000731. The first-order valence-electron chi connectivity index (χ1n) is 3.68. The molecule has 0 unspecified atom stereocenters. The lowest BCUT2D eigenvalue weighted by Crippen LogP contribution is -2.03. The Morgan fingerprint density at radius 2 is 0.778 bits per heavy atom. The maximum atomic E-state index is 9.25. The number of hydrogen-bond acceptors (Lipinski definition) is 4. The topological polar surface area (TPSA) is 201 Å². The van der Waals surface area contributed by atoms with E-state index in [1.54, 1.807) is 0 Å². The van der Waals surface area contributed by atoms with Gasteiger partial charge in [-0.1, -0.05) is 13.2 Å². The van der Waals surface area contributed by atoms with Gasteiger partial charge in [-0.25, -0.2) is 19.2 Å². The molecule has 0 fully saturated rings. The fraction of sp³-hybridized carbons (Fsp3) is 0. The number of hydrogen-bond donors (Lipinski definition) is 6. The highest BCUT2D eigenvalue weighted by atomic mass is 16.4. The number of primary amides is 2. The van der Waals surface area contributed by atoms with Crippen LogP contribution in [0.4, 0.5) is 9.59 Å². The van der Waals surface area contributed by atoms with E-state index in [4.69, 9.17) is 30.0 Å². The Kier molecular flexibility index (Phi) is 26.3. The van der Waals surface area contributed by atoms with Gasteiger partial charge in [0.1, 0.15) is 0 Å². The summed E-state index contributed by atoms with van der Waals surface area (Å²) in [6.07, 6.45) is -1.00. The molecular weight excluding hydrogens is 252 g/mol. The van der Waals surface area contributed by atoms with E-state index >= 15 is 0 Å². The predicted octanol–water partition coefficient (Wildman–Crippen LogP) is -0.240. The number of carboxylic acid groups (broad SMARTS) is 4. The van der Waals surface area contributed by atoms with E-state index in [-0.39, 0.29) is 0 Å². The van der Waals surface area contributed by atoms with Gasteiger partial charge in [0.25, 0.3) is 0 Å². The van der Waals surface area contributed by atoms with E-state index in [2.05, 4.69) is 24.6 Å². The molecule has 10 heteroatoms. The van der Waals surface area contributed by atoms with Crippen LogP contribution < -0.4 is 11.5 Å². The Morgan fingerprint density at radius 1 is 0.722 bits per heavy atom. The molecule has 0 rings (SSSR count). The molecule has 18 heavy (non-hydrogen) atoms. The van der Waals surface area contributed by atoms with Crippen molar-refractivity contribution in [3.05, 3.63) is 25.3 Å². The molecule has 0 aromatic rings. The van der Waals surface area contributed by atoms with Gasteiger partial charge in [0.05, 0.1) is 0 Å². The van der Waals surface area contributed by atoms with Crippen LogP contribution in [0.25, 0.3) is 0 Å². The quantitative estimate of drug-likeness (QED) is 0.367. The summed E-state index contributed by atoms with van der Waals surface area (Å²) in [5, 5.41) is 29.6. The maximum absolute atomic E-state index is 9.25. The molecule has 0 bridgehead atoms. The highest BCUT2D eigenvalue weighted by Crippen LogP contribution is 1.55. The van der Waals surface area contributed by atoms with Crippen molar-refractivity contribution in [3.63, 3.8) is 0 Å². The van der Waals surface area contributed by atoms with Gasteiger partial charge in [0.2, 0.25) is 0 Å². The van der Waals surface area contributed by atoms with Crippen LogP contribution in [-0.2, 0) is 9.59 Å². The van der Waals surface area contributed by atoms with Crippen LogP contribution in [0.5, 0.6) is 0 Å². The number of carbonyl (C=O) groups is 4. The Labute approximate surface area is 101 Å². The molecule has 0 aliphatic rings. The highest BCUT2D eigenvalue weighted by molar-refractivity contribution is 5.79. The molecule has 2 amide bonds. The van der Waals surface area contributed by atoms with Gasteiger partial charge in [-0.05, 0) is 0 Å². The predicted molar refractivity (Wildman–Crippen MR) is 60.1 cm³/mol. The van der Waals surface area contributed by atoms with Gasteiger partial charge in [-0.2, -0.15) is 0 Å². The van der Waals surface area contributed by atoms with Crippen LogP contribution >= 0.6 is 0 Å². The molecule has 0 aliphatic carbocycles. The normalized spacial score (nSPS) is 6.22. The third kappa shape index (κ3) is 2010. The van der Waals surface area contributed by atoms with Crippen molar-refractivity contribution in [2.24, 2.45) is 11.5 Å². The molecule has 0 aliphatic heterocycles. The molecule has 0 atom stereocenters. The molecule has 0 aromatic heterocycles. The van der Waals surface area contributed by atoms with Crippen molar-refractivity contribution in [1.82, 2.24) is 0 Å². The minimum atomic E-state index is -1.33. The lowest BCUT2D eigenvalue weighted by atomic mass is 10.7. The van der Waals surface area contributed by atoms with Crippen molar-refractivity contribution in [2.75, 3.05) is 0 Å². The lowest BCUT2D eigenvalue weighted by molar-refractivity contribution is -0.132. The van der Waals surface area contributed by atoms with Crippen LogP contribution in [0, 0.1) is 0 Å². The van der Waals surface area contributed by atoms with Crippen molar-refractivity contribution in [2.45, 2.75) is 0 Å². The molecular formula is C8H14N2O8. The Bertz CT molecular complexity index is 261. The fourth-order valence-electron chi connectivity index (χ4n) is 0. The Morgan fingerprint density at radius 3 is 0.778 bits per heavy atom.